The van der Waals surface area contributed by atoms with Crippen molar-refractivity contribution in [1.82, 2.24) is 0 Å². The van der Waals surface area contributed by atoms with Crippen molar-refractivity contribution in [3.05, 3.63) is 78.1 Å². The molecule has 11 heteroatoms. The molecular formula is C24H23FN2O7S. The quantitative estimate of drug-likeness (QED) is 0.446. The first-order valence-corrected chi connectivity index (χ1v) is 11.6. The van der Waals surface area contributed by atoms with Gasteiger partial charge in [0.05, 0.1) is 43.2 Å². The summed E-state index contributed by atoms with van der Waals surface area (Å²) < 4.78 is 57.2. The number of sulfonamides is 1. The topological polar surface area (TPSA) is 111 Å². The fraction of sp³-hybridized carbons (Fsp3) is 0.167. The highest BCUT2D eigenvalue weighted by Gasteiger charge is 2.29. The van der Waals surface area contributed by atoms with Gasteiger partial charge in [-0.2, -0.15) is 0 Å². The summed E-state index contributed by atoms with van der Waals surface area (Å²) in [5.74, 6) is -2.03. The second kappa shape index (κ2) is 10.9. The molecule has 0 radical (unpaired) electrons. The average molecular weight is 503 g/mol. The Morgan fingerprint density at radius 1 is 0.914 bits per heavy atom. The third-order valence-corrected chi connectivity index (χ3v) is 6.72. The molecule has 35 heavy (non-hydrogen) atoms. The van der Waals surface area contributed by atoms with Gasteiger partial charge in [0.15, 0.2) is 11.5 Å². The molecule has 0 saturated heterocycles. The minimum atomic E-state index is -4.32. The lowest BCUT2D eigenvalue weighted by molar-refractivity contribution is -0.114. The van der Waals surface area contributed by atoms with Crippen LogP contribution in [0.4, 0.5) is 15.8 Å². The van der Waals surface area contributed by atoms with Crippen LogP contribution in [0.2, 0.25) is 0 Å². The van der Waals surface area contributed by atoms with Gasteiger partial charge in [-0.05, 0) is 24.3 Å². The number of carbonyl (C=O) groups is 2. The van der Waals surface area contributed by atoms with E-state index < -0.39 is 34.3 Å². The number of rotatable bonds is 9. The van der Waals surface area contributed by atoms with Crippen molar-refractivity contribution in [2.24, 2.45) is 0 Å². The van der Waals surface area contributed by atoms with E-state index in [9.17, 15) is 22.4 Å². The van der Waals surface area contributed by atoms with E-state index in [1.165, 1.54) is 68.8 Å². The van der Waals surface area contributed by atoms with Crippen LogP contribution in [0.25, 0.3) is 0 Å². The van der Waals surface area contributed by atoms with Crippen LogP contribution in [0, 0.1) is 5.82 Å². The van der Waals surface area contributed by atoms with Crippen LogP contribution in [0.5, 0.6) is 11.5 Å². The molecule has 0 saturated carbocycles. The predicted molar refractivity (Wildman–Crippen MR) is 127 cm³/mol. The number of para-hydroxylation sites is 1. The van der Waals surface area contributed by atoms with E-state index in [2.05, 4.69) is 5.32 Å². The van der Waals surface area contributed by atoms with Gasteiger partial charge in [0.1, 0.15) is 12.4 Å². The summed E-state index contributed by atoms with van der Waals surface area (Å²) in [6.07, 6.45) is 0. The fourth-order valence-corrected chi connectivity index (χ4v) is 4.70. The number of ether oxygens (including phenoxy) is 3. The van der Waals surface area contributed by atoms with E-state index in [0.29, 0.717) is 4.31 Å². The van der Waals surface area contributed by atoms with E-state index >= 15 is 0 Å². The van der Waals surface area contributed by atoms with Gasteiger partial charge in [0.25, 0.3) is 10.0 Å². The predicted octanol–water partition coefficient (Wildman–Crippen LogP) is 3.46. The molecule has 0 bridgehead atoms. The number of anilines is 2. The highest BCUT2D eigenvalue weighted by Crippen LogP contribution is 2.34. The lowest BCUT2D eigenvalue weighted by atomic mass is 10.1. The van der Waals surface area contributed by atoms with Gasteiger partial charge in [0.2, 0.25) is 5.91 Å². The number of halogens is 1. The van der Waals surface area contributed by atoms with Crippen LogP contribution in [0.15, 0.2) is 71.6 Å². The van der Waals surface area contributed by atoms with Crippen molar-refractivity contribution in [3.63, 3.8) is 0 Å². The maximum atomic E-state index is 14.6. The summed E-state index contributed by atoms with van der Waals surface area (Å²) in [7, 11) is -0.417. The lowest BCUT2D eigenvalue weighted by Crippen LogP contribution is -2.38. The molecule has 0 aromatic heterocycles. The Morgan fingerprint density at radius 3 is 2.11 bits per heavy atom. The van der Waals surface area contributed by atoms with Crippen molar-refractivity contribution in [3.8, 4) is 11.5 Å². The Hall–Kier alpha value is -4.12. The molecule has 0 aliphatic rings. The summed E-state index contributed by atoms with van der Waals surface area (Å²) >= 11 is 0. The van der Waals surface area contributed by atoms with E-state index in [1.54, 1.807) is 6.07 Å². The van der Waals surface area contributed by atoms with Gasteiger partial charge < -0.3 is 19.5 Å². The molecule has 0 heterocycles. The molecule has 0 aliphatic heterocycles. The van der Waals surface area contributed by atoms with Crippen LogP contribution < -0.4 is 19.1 Å². The molecule has 1 N–H and O–H groups in total. The van der Waals surface area contributed by atoms with E-state index in [4.69, 9.17) is 14.2 Å². The van der Waals surface area contributed by atoms with Crippen LogP contribution in [0.3, 0.4) is 0 Å². The first-order chi connectivity index (χ1) is 16.7. The van der Waals surface area contributed by atoms with Crippen LogP contribution >= 0.6 is 0 Å². The van der Waals surface area contributed by atoms with Crippen LogP contribution in [0.1, 0.15) is 10.4 Å². The maximum Gasteiger partial charge on any atom is 0.340 e. The molecule has 184 valence electrons. The number of methoxy groups -OCH3 is 3. The van der Waals surface area contributed by atoms with Crippen molar-refractivity contribution < 1.29 is 36.6 Å². The number of nitrogens with one attached hydrogen (secondary N) is 1. The number of hydrogen-bond donors (Lipinski definition) is 1. The standard InChI is InChI=1S/C24H23FN2O7S/c1-32-21-13-17(24(29)34-3)19(14-22(21)33-2)26-23(28)15-27(20-12-8-7-11-18(20)25)35(30,31)16-9-5-4-6-10-16/h4-14H,15H2,1-3H3,(H,26,28). The third-order valence-electron chi connectivity index (χ3n) is 4.94. The first kappa shape index (κ1) is 25.5. The molecule has 3 aromatic rings. The Morgan fingerprint density at radius 2 is 1.51 bits per heavy atom. The average Bonchev–Trinajstić information content (AvgIpc) is 2.87. The Bertz CT molecular complexity index is 1330. The second-order valence-corrected chi connectivity index (χ2v) is 8.93. The molecule has 0 atom stereocenters. The fourth-order valence-electron chi connectivity index (χ4n) is 3.25. The zero-order valence-electron chi connectivity index (χ0n) is 19.1. The molecule has 1 amide bonds. The van der Waals surface area contributed by atoms with Crippen molar-refractivity contribution in [2.75, 3.05) is 37.5 Å². The van der Waals surface area contributed by atoms with Gasteiger partial charge in [-0.25, -0.2) is 17.6 Å². The summed E-state index contributed by atoms with van der Waals surface area (Å²) in [5, 5.41) is 2.49. The summed E-state index contributed by atoms with van der Waals surface area (Å²) in [4.78, 5) is 25.2. The monoisotopic (exact) mass is 502 g/mol. The molecule has 3 rings (SSSR count). The van der Waals surface area contributed by atoms with E-state index in [0.717, 1.165) is 13.2 Å². The van der Waals surface area contributed by atoms with E-state index in [-0.39, 0.29) is 33.3 Å². The number of amides is 1. The van der Waals surface area contributed by atoms with Crippen molar-refractivity contribution in [1.29, 1.82) is 0 Å². The first-order valence-electron chi connectivity index (χ1n) is 10.2. The minimum Gasteiger partial charge on any atom is -0.493 e. The minimum absolute atomic E-state index is 0.00917. The summed E-state index contributed by atoms with van der Waals surface area (Å²) in [5.41, 5.74) is -0.376. The molecular weight excluding hydrogens is 479 g/mol. The highest BCUT2D eigenvalue weighted by molar-refractivity contribution is 7.92. The number of carbonyl (C=O) groups excluding carboxylic acids is 2. The Kier molecular flexibility index (Phi) is 7.92. The number of hydrogen-bond acceptors (Lipinski definition) is 7. The summed E-state index contributed by atoms with van der Waals surface area (Å²) in [6.45, 7) is -0.785. The van der Waals surface area contributed by atoms with Gasteiger partial charge in [-0.3, -0.25) is 9.10 Å². The smallest absolute Gasteiger partial charge is 0.340 e. The molecule has 0 spiro atoms. The molecule has 0 fully saturated rings. The lowest BCUT2D eigenvalue weighted by Gasteiger charge is -2.24. The molecule has 0 aliphatic carbocycles. The summed E-state index contributed by atoms with van der Waals surface area (Å²) in [6, 6.07) is 15.2. The van der Waals surface area contributed by atoms with Gasteiger partial charge in [-0.1, -0.05) is 30.3 Å². The van der Waals surface area contributed by atoms with Gasteiger partial charge in [0, 0.05) is 12.1 Å². The number of benzene rings is 3. The zero-order valence-corrected chi connectivity index (χ0v) is 20.0. The normalized spacial score (nSPS) is 10.9. The SMILES string of the molecule is COC(=O)c1cc(OC)c(OC)cc1NC(=O)CN(c1ccccc1F)S(=O)(=O)c1ccccc1. The van der Waals surface area contributed by atoms with Gasteiger partial charge in [-0.15, -0.1) is 0 Å². The molecule has 9 nitrogen and oxygen atoms in total. The number of nitrogens with zero attached hydrogens (tertiary/aromatic N) is 1. The zero-order chi connectivity index (χ0) is 25.6. The highest BCUT2D eigenvalue weighted by atomic mass is 32.2. The largest absolute Gasteiger partial charge is 0.493 e. The van der Waals surface area contributed by atoms with Gasteiger partial charge >= 0.3 is 5.97 Å². The molecule has 3 aromatic carbocycles. The van der Waals surface area contributed by atoms with Crippen molar-refractivity contribution in [2.45, 2.75) is 4.90 Å². The second-order valence-electron chi connectivity index (χ2n) is 7.07. The third kappa shape index (κ3) is 5.52. The van der Waals surface area contributed by atoms with Crippen LogP contribution in [-0.2, 0) is 19.6 Å². The molecule has 0 unspecified atom stereocenters. The maximum absolute atomic E-state index is 14.6. The van der Waals surface area contributed by atoms with Crippen LogP contribution in [-0.4, -0.2) is 48.2 Å². The van der Waals surface area contributed by atoms with E-state index in [1.807, 2.05) is 0 Å². The van der Waals surface area contributed by atoms with Crippen molar-refractivity contribution >= 4 is 33.3 Å². The Balaban J connectivity index is 2.02. The number of esters is 1. The Labute approximate surface area is 202 Å².